The molecule has 6 heteroatoms. The number of methoxy groups -OCH3 is 1. The lowest BCUT2D eigenvalue weighted by Crippen LogP contribution is -2.25. The molecule has 0 bridgehead atoms. The number of ether oxygens (including phenoxy) is 2. The molecule has 0 unspecified atom stereocenters. The molecule has 140 valence electrons. The van der Waals surface area contributed by atoms with Gasteiger partial charge in [0.15, 0.2) is 11.5 Å². The Morgan fingerprint density at radius 1 is 1.15 bits per heavy atom. The Morgan fingerprint density at radius 2 is 1.93 bits per heavy atom. The highest BCUT2D eigenvalue weighted by molar-refractivity contribution is 9.10. The van der Waals surface area contributed by atoms with Gasteiger partial charge >= 0.3 is 0 Å². The minimum Gasteiger partial charge on any atom is -0.493 e. The van der Waals surface area contributed by atoms with E-state index in [1.54, 1.807) is 42.5 Å². The number of hydrogen-bond acceptors (Lipinski definition) is 4. The normalized spacial score (nSPS) is 10.5. The van der Waals surface area contributed by atoms with Gasteiger partial charge in [-0.3, -0.25) is 4.79 Å². The summed E-state index contributed by atoms with van der Waals surface area (Å²) in [7, 11) is 3.36. The van der Waals surface area contributed by atoms with Crippen molar-refractivity contribution in [2.24, 2.45) is 0 Å². The van der Waals surface area contributed by atoms with Crippen molar-refractivity contribution >= 4 is 33.2 Å². The van der Waals surface area contributed by atoms with Crippen molar-refractivity contribution in [2.75, 3.05) is 14.2 Å². The van der Waals surface area contributed by atoms with Crippen molar-refractivity contribution in [3.05, 3.63) is 80.5 Å². The molecule has 2 aromatic carbocycles. The quantitative estimate of drug-likeness (QED) is 0.490. The van der Waals surface area contributed by atoms with E-state index in [0.29, 0.717) is 34.7 Å². The molecular formula is C21H20BrNO3S. The molecule has 4 nitrogen and oxygen atoms in total. The van der Waals surface area contributed by atoms with Crippen LogP contribution in [0.5, 0.6) is 11.5 Å². The highest BCUT2D eigenvalue weighted by atomic mass is 79.9. The van der Waals surface area contributed by atoms with Crippen LogP contribution in [0.4, 0.5) is 0 Å². The minimum atomic E-state index is -0.0722. The van der Waals surface area contributed by atoms with E-state index in [1.165, 1.54) is 0 Å². The number of rotatable bonds is 7. The lowest BCUT2D eigenvalue weighted by Gasteiger charge is -2.19. The van der Waals surface area contributed by atoms with E-state index in [1.807, 2.05) is 47.8 Å². The standard InChI is InChI=1S/C21H20BrNO3S/c1-23(13-17-9-6-10-27-17)21(24)16-11-18(22)20(19(12-16)25-2)26-14-15-7-4-3-5-8-15/h3-12H,13-14H2,1-2H3. The van der Waals surface area contributed by atoms with Crippen LogP contribution in [0, 0.1) is 0 Å². The van der Waals surface area contributed by atoms with Gasteiger partial charge in [-0.2, -0.15) is 0 Å². The number of hydrogen-bond donors (Lipinski definition) is 0. The molecule has 0 fully saturated rings. The molecule has 0 aliphatic rings. The number of halogens is 1. The van der Waals surface area contributed by atoms with E-state index < -0.39 is 0 Å². The first-order valence-electron chi connectivity index (χ1n) is 8.40. The second kappa shape index (κ2) is 9.06. The molecule has 1 heterocycles. The van der Waals surface area contributed by atoms with Crippen LogP contribution < -0.4 is 9.47 Å². The molecule has 0 spiro atoms. The molecule has 0 atom stereocenters. The third-order valence-corrected chi connectivity index (χ3v) is 5.47. The first kappa shape index (κ1) is 19.5. The van der Waals surface area contributed by atoms with Crippen LogP contribution in [0.3, 0.4) is 0 Å². The number of amides is 1. The molecule has 1 amide bonds. The maximum atomic E-state index is 12.8. The lowest BCUT2D eigenvalue weighted by molar-refractivity contribution is 0.0786. The van der Waals surface area contributed by atoms with Gasteiger partial charge in [-0.15, -0.1) is 11.3 Å². The average molecular weight is 446 g/mol. The number of carbonyl (C=O) groups is 1. The van der Waals surface area contributed by atoms with Crippen LogP contribution >= 0.6 is 27.3 Å². The SMILES string of the molecule is COc1cc(C(=O)N(C)Cc2cccs2)cc(Br)c1OCc1ccccc1. The van der Waals surface area contributed by atoms with E-state index >= 15 is 0 Å². The largest absolute Gasteiger partial charge is 0.493 e. The van der Waals surface area contributed by atoms with Crippen molar-refractivity contribution in [1.82, 2.24) is 4.90 Å². The zero-order chi connectivity index (χ0) is 19.2. The minimum absolute atomic E-state index is 0.0722. The maximum absolute atomic E-state index is 12.8. The summed E-state index contributed by atoms with van der Waals surface area (Å²) in [5.41, 5.74) is 1.60. The van der Waals surface area contributed by atoms with Crippen molar-refractivity contribution in [3.8, 4) is 11.5 Å². The number of nitrogens with zero attached hydrogens (tertiary/aromatic N) is 1. The molecule has 3 aromatic rings. The van der Waals surface area contributed by atoms with Crippen LogP contribution in [0.2, 0.25) is 0 Å². The van der Waals surface area contributed by atoms with Crippen LogP contribution in [0.1, 0.15) is 20.8 Å². The monoisotopic (exact) mass is 445 g/mol. The Morgan fingerprint density at radius 3 is 2.59 bits per heavy atom. The summed E-state index contributed by atoms with van der Waals surface area (Å²) in [5.74, 6) is 1.03. The second-order valence-electron chi connectivity index (χ2n) is 6.00. The second-order valence-corrected chi connectivity index (χ2v) is 7.89. The van der Waals surface area contributed by atoms with Gasteiger partial charge in [-0.1, -0.05) is 36.4 Å². The zero-order valence-corrected chi connectivity index (χ0v) is 17.5. The van der Waals surface area contributed by atoms with Gasteiger partial charge in [0.05, 0.1) is 18.1 Å². The summed E-state index contributed by atoms with van der Waals surface area (Å²) < 4.78 is 12.1. The number of thiophene rings is 1. The fourth-order valence-electron chi connectivity index (χ4n) is 2.64. The van der Waals surface area contributed by atoms with E-state index in [2.05, 4.69) is 15.9 Å². The molecule has 0 radical (unpaired) electrons. The Balaban J connectivity index is 1.77. The van der Waals surface area contributed by atoms with Gasteiger partial charge in [0.25, 0.3) is 5.91 Å². The van der Waals surface area contributed by atoms with Crippen LogP contribution in [-0.2, 0) is 13.2 Å². The number of carbonyl (C=O) groups excluding carboxylic acids is 1. The molecule has 0 aliphatic heterocycles. The molecule has 1 aromatic heterocycles. The fraction of sp³-hybridized carbons (Fsp3) is 0.190. The van der Waals surface area contributed by atoms with Gasteiger partial charge < -0.3 is 14.4 Å². The highest BCUT2D eigenvalue weighted by Crippen LogP contribution is 2.37. The van der Waals surface area contributed by atoms with E-state index in [-0.39, 0.29) is 5.91 Å². The molecule has 0 aliphatic carbocycles. The van der Waals surface area contributed by atoms with Crippen LogP contribution in [-0.4, -0.2) is 25.0 Å². The predicted octanol–water partition coefficient (Wildman–Crippen LogP) is 5.37. The molecule has 0 saturated carbocycles. The van der Waals surface area contributed by atoms with Crippen molar-refractivity contribution in [1.29, 1.82) is 0 Å². The topological polar surface area (TPSA) is 38.8 Å². The molecule has 0 saturated heterocycles. The Hall–Kier alpha value is -2.31. The third-order valence-electron chi connectivity index (χ3n) is 4.02. The summed E-state index contributed by atoms with van der Waals surface area (Å²) >= 11 is 5.15. The smallest absolute Gasteiger partial charge is 0.254 e. The van der Waals surface area contributed by atoms with Gasteiger partial charge in [-0.25, -0.2) is 0 Å². The van der Waals surface area contributed by atoms with Gasteiger partial charge in [-0.05, 0) is 45.1 Å². The summed E-state index contributed by atoms with van der Waals surface area (Å²) in [4.78, 5) is 15.6. The Bertz CT molecular complexity index is 897. The van der Waals surface area contributed by atoms with Crippen molar-refractivity contribution in [2.45, 2.75) is 13.2 Å². The summed E-state index contributed by atoms with van der Waals surface area (Å²) in [6.07, 6.45) is 0. The van der Waals surface area contributed by atoms with Crippen LogP contribution in [0.25, 0.3) is 0 Å². The van der Waals surface area contributed by atoms with Gasteiger partial charge in [0.2, 0.25) is 0 Å². The van der Waals surface area contributed by atoms with Gasteiger partial charge in [0.1, 0.15) is 6.61 Å². The molecule has 27 heavy (non-hydrogen) atoms. The first-order chi connectivity index (χ1) is 13.1. The first-order valence-corrected chi connectivity index (χ1v) is 10.1. The third kappa shape index (κ3) is 4.90. The van der Waals surface area contributed by atoms with E-state index in [4.69, 9.17) is 9.47 Å². The van der Waals surface area contributed by atoms with Crippen molar-refractivity contribution < 1.29 is 14.3 Å². The summed E-state index contributed by atoms with van der Waals surface area (Å²) in [6, 6.07) is 17.4. The van der Waals surface area contributed by atoms with Crippen LogP contribution in [0.15, 0.2) is 64.5 Å². The molecule has 0 N–H and O–H groups in total. The maximum Gasteiger partial charge on any atom is 0.254 e. The average Bonchev–Trinajstić information content (AvgIpc) is 3.19. The number of benzene rings is 2. The van der Waals surface area contributed by atoms with Crippen molar-refractivity contribution in [3.63, 3.8) is 0 Å². The fourth-order valence-corrected chi connectivity index (χ4v) is 3.96. The summed E-state index contributed by atoms with van der Waals surface area (Å²) in [5, 5.41) is 2.01. The Labute approximate surface area is 171 Å². The zero-order valence-electron chi connectivity index (χ0n) is 15.1. The lowest BCUT2D eigenvalue weighted by atomic mass is 10.1. The molecule has 3 rings (SSSR count). The van der Waals surface area contributed by atoms with E-state index in [0.717, 1.165) is 10.4 Å². The van der Waals surface area contributed by atoms with Gasteiger partial charge in [0, 0.05) is 17.5 Å². The Kier molecular flexibility index (Phi) is 6.53. The predicted molar refractivity (Wildman–Crippen MR) is 112 cm³/mol. The molecular weight excluding hydrogens is 426 g/mol. The highest BCUT2D eigenvalue weighted by Gasteiger charge is 2.18. The van der Waals surface area contributed by atoms with E-state index in [9.17, 15) is 4.79 Å². The summed E-state index contributed by atoms with van der Waals surface area (Å²) in [6.45, 7) is 0.990.